The monoisotopic (exact) mass is 243 g/mol. The second-order valence-corrected chi connectivity index (χ2v) is 5.20. The Morgan fingerprint density at radius 2 is 1.67 bits per heavy atom. The quantitative estimate of drug-likeness (QED) is 0.805. The molecule has 0 saturated heterocycles. The van der Waals surface area contributed by atoms with Gasteiger partial charge in [0.25, 0.3) is 0 Å². The zero-order valence-electron chi connectivity index (χ0n) is 11.6. The van der Waals surface area contributed by atoms with Gasteiger partial charge in [-0.1, -0.05) is 32.6 Å². The lowest BCUT2D eigenvalue weighted by Gasteiger charge is -2.24. The second-order valence-electron chi connectivity index (χ2n) is 5.20. The van der Waals surface area contributed by atoms with Gasteiger partial charge in [-0.15, -0.1) is 0 Å². The predicted octanol–water partition coefficient (Wildman–Crippen LogP) is 3.75. The standard InChI is InChI=1S/C15H21N3/c1-11(2)14-6-8-15(9-7-14)17-10-16-18(12(3)4)13(17)5/h6-12H,5H2,1-4H3. The lowest BCUT2D eigenvalue weighted by atomic mass is 10.0. The fourth-order valence-corrected chi connectivity index (χ4v) is 2.02. The summed E-state index contributed by atoms with van der Waals surface area (Å²) in [6.45, 7) is 12.7. The van der Waals surface area contributed by atoms with Crippen molar-refractivity contribution in [2.24, 2.45) is 5.10 Å². The summed E-state index contributed by atoms with van der Waals surface area (Å²) in [5.41, 5.74) is 2.46. The Hall–Kier alpha value is -1.77. The van der Waals surface area contributed by atoms with E-state index in [4.69, 9.17) is 0 Å². The Balaban J connectivity index is 2.19. The number of hydrogen-bond donors (Lipinski definition) is 0. The van der Waals surface area contributed by atoms with Crippen molar-refractivity contribution < 1.29 is 0 Å². The van der Waals surface area contributed by atoms with Gasteiger partial charge in [-0.2, -0.15) is 5.10 Å². The third kappa shape index (κ3) is 2.26. The van der Waals surface area contributed by atoms with Gasteiger partial charge >= 0.3 is 0 Å². The molecule has 1 aliphatic heterocycles. The first-order chi connectivity index (χ1) is 8.50. The average molecular weight is 243 g/mol. The third-order valence-corrected chi connectivity index (χ3v) is 3.16. The van der Waals surface area contributed by atoms with Gasteiger partial charge in [-0.3, -0.25) is 4.90 Å². The van der Waals surface area contributed by atoms with Crippen LogP contribution in [-0.2, 0) is 0 Å². The molecule has 0 aromatic heterocycles. The molecule has 0 radical (unpaired) electrons. The average Bonchev–Trinajstić information content (AvgIpc) is 2.71. The van der Waals surface area contributed by atoms with Crippen molar-refractivity contribution in [2.45, 2.75) is 39.7 Å². The fraction of sp³-hybridized carbons (Fsp3) is 0.400. The highest BCUT2D eigenvalue weighted by molar-refractivity contribution is 5.84. The Morgan fingerprint density at radius 3 is 2.11 bits per heavy atom. The summed E-state index contributed by atoms with van der Waals surface area (Å²) in [5, 5.41) is 6.29. The van der Waals surface area contributed by atoms with Gasteiger partial charge in [-0.25, -0.2) is 5.01 Å². The molecule has 1 aromatic rings. The summed E-state index contributed by atoms with van der Waals surface area (Å²) in [5.74, 6) is 1.46. The number of rotatable bonds is 3. The van der Waals surface area contributed by atoms with Crippen molar-refractivity contribution in [1.82, 2.24) is 5.01 Å². The molecule has 1 heterocycles. The molecule has 0 atom stereocenters. The summed E-state index contributed by atoms with van der Waals surface area (Å²) in [7, 11) is 0. The van der Waals surface area contributed by atoms with Crippen LogP contribution in [0.2, 0.25) is 0 Å². The highest BCUT2D eigenvalue weighted by atomic mass is 15.6. The van der Waals surface area contributed by atoms with E-state index in [0.29, 0.717) is 12.0 Å². The van der Waals surface area contributed by atoms with Gasteiger partial charge in [0.05, 0.1) is 0 Å². The van der Waals surface area contributed by atoms with Crippen molar-refractivity contribution in [3.05, 3.63) is 42.2 Å². The number of anilines is 1. The molecule has 0 unspecified atom stereocenters. The zero-order valence-corrected chi connectivity index (χ0v) is 11.6. The van der Waals surface area contributed by atoms with Crippen molar-refractivity contribution in [2.75, 3.05) is 4.90 Å². The predicted molar refractivity (Wildman–Crippen MR) is 77.6 cm³/mol. The minimum Gasteiger partial charge on any atom is -0.284 e. The summed E-state index contributed by atoms with van der Waals surface area (Å²) in [6.07, 6.45) is 1.83. The van der Waals surface area contributed by atoms with Gasteiger partial charge in [0.15, 0.2) is 0 Å². The molecule has 0 spiro atoms. The van der Waals surface area contributed by atoms with Crippen LogP contribution in [0.25, 0.3) is 0 Å². The maximum Gasteiger partial charge on any atom is 0.128 e. The van der Waals surface area contributed by atoms with Crippen LogP contribution in [0.1, 0.15) is 39.2 Å². The number of hydrogen-bond acceptors (Lipinski definition) is 3. The lowest BCUT2D eigenvalue weighted by Crippen LogP contribution is -2.27. The van der Waals surface area contributed by atoms with Gasteiger partial charge in [0, 0.05) is 11.7 Å². The van der Waals surface area contributed by atoms with Crippen molar-refractivity contribution in [3.63, 3.8) is 0 Å². The molecule has 0 saturated carbocycles. The molecule has 0 fully saturated rings. The van der Waals surface area contributed by atoms with Crippen LogP contribution in [0, 0.1) is 0 Å². The van der Waals surface area contributed by atoms with Crippen LogP contribution >= 0.6 is 0 Å². The maximum atomic E-state index is 4.37. The summed E-state index contributed by atoms with van der Waals surface area (Å²) in [6, 6.07) is 8.90. The van der Waals surface area contributed by atoms with Crippen LogP contribution < -0.4 is 4.90 Å². The van der Waals surface area contributed by atoms with Crippen LogP contribution in [0.5, 0.6) is 0 Å². The van der Waals surface area contributed by atoms with Gasteiger partial charge in [0.2, 0.25) is 0 Å². The minimum absolute atomic E-state index is 0.327. The molecule has 0 amide bonds. The molecule has 1 aromatic carbocycles. The van der Waals surface area contributed by atoms with Crippen LogP contribution in [-0.4, -0.2) is 17.4 Å². The zero-order chi connectivity index (χ0) is 13.3. The van der Waals surface area contributed by atoms with Crippen molar-refractivity contribution in [3.8, 4) is 0 Å². The maximum absolute atomic E-state index is 4.37. The normalized spacial score (nSPS) is 15.3. The molecule has 0 aliphatic carbocycles. The van der Waals surface area contributed by atoms with Crippen molar-refractivity contribution in [1.29, 1.82) is 0 Å². The van der Waals surface area contributed by atoms with E-state index in [1.54, 1.807) is 0 Å². The molecule has 0 N–H and O–H groups in total. The number of nitrogens with zero attached hydrogens (tertiary/aromatic N) is 3. The van der Waals surface area contributed by atoms with Gasteiger partial charge in [-0.05, 0) is 37.5 Å². The smallest absolute Gasteiger partial charge is 0.128 e. The van der Waals surface area contributed by atoms with E-state index in [1.165, 1.54) is 5.56 Å². The highest BCUT2D eigenvalue weighted by Crippen LogP contribution is 2.26. The highest BCUT2D eigenvalue weighted by Gasteiger charge is 2.22. The fourth-order valence-electron chi connectivity index (χ4n) is 2.02. The van der Waals surface area contributed by atoms with Crippen LogP contribution in [0.4, 0.5) is 5.69 Å². The Bertz CT molecular complexity index is 457. The largest absolute Gasteiger partial charge is 0.284 e. The Kier molecular flexibility index (Phi) is 3.41. The topological polar surface area (TPSA) is 18.8 Å². The lowest BCUT2D eigenvalue weighted by molar-refractivity contribution is 0.312. The molecule has 3 heteroatoms. The summed E-state index contributed by atoms with van der Waals surface area (Å²) < 4.78 is 0. The second kappa shape index (κ2) is 4.84. The molecule has 0 bridgehead atoms. The first-order valence-corrected chi connectivity index (χ1v) is 6.42. The van der Waals surface area contributed by atoms with E-state index in [1.807, 2.05) is 16.2 Å². The minimum atomic E-state index is 0.327. The first kappa shape index (κ1) is 12.7. The van der Waals surface area contributed by atoms with Crippen LogP contribution in [0.3, 0.4) is 0 Å². The number of benzene rings is 1. The molecule has 2 rings (SSSR count). The molecule has 3 nitrogen and oxygen atoms in total. The van der Waals surface area contributed by atoms with E-state index in [2.05, 4.69) is 63.6 Å². The molecular formula is C15H21N3. The van der Waals surface area contributed by atoms with E-state index in [0.717, 1.165) is 11.5 Å². The molecule has 1 aliphatic rings. The molecule has 96 valence electrons. The van der Waals surface area contributed by atoms with E-state index in [9.17, 15) is 0 Å². The first-order valence-electron chi connectivity index (χ1n) is 6.42. The van der Waals surface area contributed by atoms with Crippen molar-refractivity contribution >= 4 is 12.0 Å². The van der Waals surface area contributed by atoms with Gasteiger partial charge in [0.1, 0.15) is 12.2 Å². The Morgan fingerprint density at radius 1 is 1.06 bits per heavy atom. The number of hydrazone groups is 1. The van der Waals surface area contributed by atoms with Crippen LogP contribution in [0.15, 0.2) is 41.8 Å². The van der Waals surface area contributed by atoms with E-state index < -0.39 is 0 Å². The van der Waals surface area contributed by atoms with Gasteiger partial charge < -0.3 is 0 Å². The third-order valence-electron chi connectivity index (χ3n) is 3.16. The SMILES string of the molecule is C=C1N(c2ccc(C(C)C)cc2)C=NN1C(C)C. The molecular weight excluding hydrogens is 222 g/mol. The van der Waals surface area contributed by atoms with E-state index >= 15 is 0 Å². The van der Waals surface area contributed by atoms with E-state index in [-0.39, 0.29) is 0 Å². The molecule has 18 heavy (non-hydrogen) atoms. The summed E-state index contributed by atoms with van der Waals surface area (Å²) >= 11 is 0. The Labute approximate surface area is 109 Å². The summed E-state index contributed by atoms with van der Waals surface area (Å²) in [4.78, 5) is 2.02.